The van der Waals surface area contributed by atoms with E-state index in [0.29, 0.717) is 24.0 Å². The molecule has 0 aliphatic carbocycles. The number of aryl methyl sites for hydroxylation is 1. The number of carbonyl (C=O) groups is 1. The molecular weight excluding hydrogens is 442 g/mol. The smallest absolute Gasteiger partial charge is 0.408 e. The largest absolute Gasteiger partial charge is 0.417 e. The van der Waals surface area contributed by atoms with E-state index in [0.717, 1.165) is 22.4 Å². The number of amides is 1. The van der Waals surface area contributed by atoms with Crippen LogP contribution in [0.3, 0.4) is 0 Å². The van der Waals surface area contributed by atoms with E-state index in [1.165, 1.54) is 18.2 Å². The van der Waals surface area contributed by atoms with Gasteiger partial charge in [-0.2, -0.15) is 0 Å². The van der Waals surface area contributed by atoms with Crippen molar-refractivity contribution in [3.05, 3.63) is 93.5 Å². The van der Waals surface area contributed by atoms with Crippen LogP contribution in [0.4, 0.5) is 5.69 Å². The van der Waals surface area contributed by atoms with Crippen LogP contribution in [0.15, 0.2) is 74.8 Å². The quantitative estimate of drug-likeness (QED) is 0.472. The lowest BCUT2D eigenvalue weighted by Gasteiger charge is -2.18. The van der Waals surface area contributed by atoms with Crippen LogP contribution in [0.2, 0.25) is 0 Å². The van der Waals surface area contributed by atoms with Crippen LogP contribution in [0.25, 0.3) is 11.1 Å². The van der Waals surface area contributed by atoms with Crippen molar-refractivity contribution in [1.29, 1.82) is 0 Å². The van der Waals surface area contributed by atoms with Gasteiger partial charge in [-0.15, -0.1) is 0 Å². The second-order valence-corrected chi connectivity index (χ2v) is 9.80. The average Bonchev–Trinajstić information content (AvgIpc) is 3.38. The Morgan fingerprint density at radius 2 is 1.97 bits per heavy atom. The highest BCUT2D eigenvalue weighted by molar-refractivity contribution is 7.89. The van der Waals surface area contributed by atoms with Crippen LogP contribution < -0.4 is 15.4 Å². The van der Waals surface area contributed by atoms with E-state index in [-0.39, 0.29) is 22.9 Å². The first-order chi connectivity index (χ1) is 15.8. The molecule has 0 radical (unpaired) electrons. The summed E-state index contributed by atoms with van der Waals surface area (Å²) in [5.41, 5.74) is 4.93. The van der Waals surface area contributed by atoms with E-state index in [1.54, 1.807) is 4.90 Å². The highest BCUT2D eigenvalue weighted by Crippen LogP contribution is 2.30. The zero-order valence-corrected chi connectivity index (χ0v) is 18.6. The molecule has 0 unspecified atom stereocenters. The highest BCUT2D eigenvalue weighted by Gasteiger charge is 2.26. The van der Waals surface area contributed by atoms with E-state index in [9.17, 15) is 18.0 Å². The molecule has 5 rings (SSSR count). The van der Waals surface area contributed by atoms with Gasteiger partial charge in [-0.25, -0.2) is 17.9 Å². The SMILES string of the molecule is Cc1cccc(C(=O)N2CCc3cc(CNS(=O)(=O)c4ccc5[nH]c(=O)oc5c4)ccc32)c1. The van der Waals surface area contributed by atoms with Crippen LogP contribution in [0.1, 0.15) is 27.0 Å². The number of rotatable bonds is 5. The summed E-state index contributed by atoms with van der Waals surface area (Å²) >= 11 is 0. The maximum Gasteiger partial charge on any atom is 0.417 e. The van der Waals surface area contributed by atoms with Gasteiger partial charge in [0.05, 0.1) is 10.4 Å². The Balaban J connectivity index is 1.32. The molecular formula is C24H21N3O5S. The van der Waals surface area contributed by atoms with Gasteiger partial charge in [0, 0.05) is 30.4 Å². The second kappa shape index (κ2) is 8.02. The standard InChI is InChI=1S/C24H21N3O5S/c1-15-3-2-4-18(11-15)23(28)27-10-9-17-12-16(5-8-21(17)27)14-25-33(30,31)19-6-7-20-22(13-19)32-24(29)26-20/h2-8,11-13,25H,9-10,14H2,1H3,(H,26,29). The van der Waals surface area contributed by atoms with Crippen LogP contribution >= 0.6 is 0 Å². The van der Waals surface area contributed by atoms with Gasteiger partial charge in [0.25, 0.3) is 5.91 Å². The lowest BCUT2D eigenvalue weighted by molar-refractivity contribution is 0.0989. The molecule has 9 heteroatoms. The van der Waals surface area contributed by atoms with Gasteiger partial charge in [0.2, 0.25) is 10.0 Å². The number of H-pyrrole nitrogens is 1. The maximum atomic E-state index is 13.0. The molecule has 0 bridgehead atoms. The van der Waals surface area contributed by atoms with E-state index >= 15 is 0 Å². The number of hydrogen-bond acceptors (Lipinski definition) is 5. The van der Waals surface area contributed by atoms with Gasteiger partial charge >= 0.3 is 5.76 Å². The fraction of sp³-hybridized carbons (Fsp3) is 0.167. The average molecular weight is 464 g/mol. The third-order valence-corrected chi connectivity index (χ3v) is 7.12. The monoisotopic (exact) mass is 463 g/mol. The minimum Gasteiger partial charge on any atom is -0.408 e. The number of anilines is 1. The first-order valence-corrected chi connectivity index (χ1v) is 11.9. The molecule has 33 heavy (non-hydrogen) atoms. The summed E-state index contributed by atoms with van der Waals surface area (Å²) in [5, 5.41) is 0. The third-order valence-electron chi connectivity index (χ3n) is 5.72. The molecule has 0 saturated heterocycles. The van der Waals surface area contributed by atoms with Crippen molar-refractivity contribution < 1.29 is 17.6 Å². The number of oxazole rings is 1. The predicted molar refractivity (Wildman–Crippen MR) is 124 cm³/mol. The van der Waals surface area contributed by atoms with Crippen molar-refractivity contribution in [2.45, 2.75) is 24.8 Å². The van der Waals surface area contributed by atoms with Crippen LogP contribution in [0.5, 0.6) is 0 Å². The van der Waals surface area contributed by atoms with Crippen molar-refractivity contribution in [3.8, 4) is 0 Å². The van der Waals surface area contributed by atoms with E-state index in [4.69, 9.17) is 4.42 Å². The summed E-state index contributed by atoms with van der Waals surface area (Å²) in [7, 11) is -3.81. The van der Waals surface area contributed by atoms with Crippen LogP contribution in [-0.4, -0.2) is 25.9 Å². The fourth-order valence-electron chi connectivity index (χ4n) is 4.06. The number of sulfonamides is 1. The van der Waals surface area contributed by atoms with Crippen molar-refractivity contribution in [2.75, 3.05) is 11.4 Å². The number of hydrogen-bond donors (Lipinski definition) is 2. The Kier molecular flexibility index (Phi) is 5.15. The number of benzene rings is 3. The van der Waals surface area contributed by atoms with Crippen molar-refractivity contribution >= 4 is 32.7 Å². The maximum absolute atomic E-state index is 13.0. The number of carbonyl (C=O) groups excluding carboxylic acids is 1. The lowest BCUT2D eigenvalue weighted by Crippen LogP contribution is -2.28. The van der Waals surface area contributed by atoms with E-state index < -0.39 is 15.8 Å². The Labute approximate surface area is 189 Å². The second-order valence-electron chi connectivity index (χ2n) is 8.04. The van der Waals surface area contributed by atoms with Crippen molar-refractivity contribution in [3.63, 3.8) is 0 Å². The van der Waals surface area contributed by atoms with Gasteiger partial charge in [-0.1, -0.05) is 29.8 Å². The molecule has 0 saturated carbocycles. The van der Waals surface area contributed by atoms with Gasteiger partial charge in [-0.3, -0.25) is 9.78 Å². The van der Waals surface area contributed by atoms with Crippen LogP contribution in [-0.2, 0) is 23.0 Å². The number of aromatic nitrogens is 1. The number of nitrogens with one attached hydrogen (secondary N) is 2. The normalized spacial score (nSPS) is 13.4. The highest BCUT2D eigenvalue weighted by atomic mass is 32.2. The molecule has 2 N–H and O–H groups in total. The number of nitrogens with zero attached hydrogens (tertiary/aromatic N) is 1. The molecule has 4 aromatic rings. The molecule has 0 fully saturated rings. The summed E-state index contributed by atoms with van der Waals surface area (Å²) in [6.45, 7) is 2.63. The zero-order valence-electron chi connectivity index (χ0n) is 17.8. The van der Waals surface area contributed by atoms with E-state index in [1.807, 2.05) is 49.4 Å². The fourth-order valence-corrected chi connectivity index (χ4v) is 5.10. The summed E-state index contributed by atoms with van der Waals surface area (Å²) in [6.07, 6.45) is 0.705. The predicted octanol–water partition coefficient (Wildman–Crippen LogP) is 3.11. The summed E-state index contributed by atoms with van der Waals surface area (Å²) in [4.78, 5) is 28.5. The topological polar surface area (TPSA) is 112 Å². The number of aromatic amines is 1. The minimum absolute atomic E-state index is 0.00818. The zero-order chi connectivity index (χ0) is 23.2. The van der Waals surface area contributed by atoms with Crippen LogP contribution in [0, 0.1) is 6.92 Å². The summed E-state index contributed by atoms with van der Waals surface area (Å²) < 4.78 is 33.0. The molecule has 3 aromatic carbocycles. The lowest BCUT2D eigenvalue weighted by atomic mass is 10.1. The molecule has 8 nitrogen and oxygen atoms in total. The Hall–Kier alpha value is -3.69. The first kappa shape index (κ1) is 21.2. The van der Waals surface area contributed by atoms with Gasteiger partial charge in [-0.05, 0) is 54.8 Å². The Morgan fingerprint density at radius 1 is 1.12 bits per heavy atom. The van der Waals surface area contributed by atoms with E-state index in [2.05, 4.69) is 9.71 Å². The molecule has 168 valence electrons. The molecule has 1 aliphatic heterocycles. The Morgan fingerprint density at radius 3 is 2.79 bits per heavy atom. The molecule has 2 heterocycles. The molecule has 1 amide bonds. The minimum atomic E-state index is -3.81. The molecule has 1 aromatic heterocycles. The molecule has 0 atom stereocenters. The molecule has 1 aliphatic rings. The molecule has 0 spiro atoms. The Bertz CT molecular complexity index is 1550. The van der Waals surface area contributed by atoms with Gasteiger partial charge < -0.3 is 9.32 Å². The number of fused-ring (bicyclic) bond motifs is 2. The summed E-state index contributed by atoms with van der Waals surface area (Å²) in [6, 6.07) is 17.3. The van der Waals surface area contributed by atoms with Gasteiger partial charge in [0.1, 0.15) is 0 Å². The van der Waals surface area contributed by atoms with Gasteiger partial charge in [0.15, 0.2) is 5.58 Å². The van der Waals surface area contributed by atoms with Crippen molar-refractivity contribution in [2.24, 2.45) is 0 Å². The van der Waals surface area contributed by atoms with Crippen molar-refractivity contribution in [1.82, 2.24) is 9.71 Å². The third kappa shape index (κ3) is 4.08. The first-order valence-electron chi connectivity index (χ1n) is 10.4. The summed E-state index contributed by atoms with van der Waals surface area (Å²) in [5.74, 6) is -0.682.